The Morgan fingerprint density at radius 3 is 1.97 bits per heavy atom. The van der Waals surface area contributed by atoms with Gasteiger partial charge in [-0.05, 0) is 42.0 Å². The fourth-order valence-corrected chi connectivity index (χ4v) is 3.57. The molecular weight excluding hydrogens is 418 g/mol. The smallest absolute Gasteiger partial charge is 0.387 e. The van der Waals surface area contributed by atoms with Crippen LogP contribution in [0.25, 0.3) is 0 Å². The average Bonchev–Trinajstić information content (AvgIpc) is 3.04. The van der Waals surface area contributed by atoms with Gasteiger partial charge in [-0.2, -0.15) is 8.78 Å². The molecule has 0 aromatic heterocycles. The van der Waals surface area contributed by atoms with Gasteiger partial charge in [0, 0.05) is 12.1 Å². The normalized spacial score (nSPS) is 13.8. The second kappa shape index (κ2) is 8.97. The van der Waals surface area contributed by atoms with Gasteiger partial charge in [-0.1, -0.05) is 42.5 Å². The molecule has 1 heterocycles. The van der Waals surface area contributed by atoms with Crippen molar-refractivity contribution in [3.63, 3.8) is 0 Å². The summed E-state index contributed by atoms with van der Waals surface area (Å²) in [6.07, 6.45) is 0.116. The molecule has 0 spiro atoms. The number of fused-ring (bicyclic) bond motifs is 1. The third-order valence-corrected chi connectivity index (χ3v) is 5.06. The van der Waals surface area contributed by atoms with Gasteiger partial charge in [-0.15, -0.1) is 0 Å². The molecule has 1 aliphatic heterocycles. The number of hydrogen-bond donors (Lipinski definition) is 1. The van der Waals surface area contributed by atoms with Gasteiger partial charge < -0.3 is 10.1 Å². The maximum absolute atomic E-state index is 13.2. The van der Waals surface area contributed by atoms with Crippen molar-refractivity contribution in [2.45, 2.75) is 19.1 Å². The standard InChI is InChI=1S/C24H18F2N2O4/c25-24(26)32-17-12-10-16(11-13-17)27-21(29)20(14-15-6-2-1-3-7-15)28-22(30)18-8-4-5-9-19(18)23(28)31/h1-13,20,24H,14H2,(H,27,29)/t20-/m0/s1. The van der Waals surface area contributed by atoms with E-state index < -0.39 is 30.4 Å². The molecular formula is C24H18F2N2O4. The fraction of sp³-hybridized carbons (Fsp3) is 0.125. The quantitative estimate of drug-likeness (QED) is 0.565. The lowest BCUT2D eigenvalue weighted by Crippen LogP contribution is -2.48. The highest BCUT2D eigenvalue weighted by Gasteiger charge is 2.42. The van der Waals surface area contributed by atoms with Crippen LogP contribution in [0.5, 0.6) is 5.75 Å². The highest BCUT2D eigenvalue weighted by Crippen LogP contribution is 2.27. The topological polar surface area (TPSA) is 75.7 Å². The van der Waals surface area contributed by atoms with Crippen molar-refractivity contribution in [3.05, 3.63) is 95.6 Å². The van der Waals surface area contributed by atoms with Crippen molar-refractivity contribution in [2.24, 2.45) is 0 Å². The van der Waals surface area contributed by atoms with E-state index in [2.05, 4.69) is 10.1 Å². The zero-order valence-electron chi connectivity index (χ0n) is 16.7. The van der Waals surface area contributed by atoms with Gasteiger partial charge in [-0.3, -0.25) is 19.3 Å². The van der Waals surface area contributed by atoms with E-state index in [0.717, 1.165) is 10.5 Å². The van der Waals surface area contributed by atoms with E-state index in [4.69, 9.17) is 0 Å². The van der Waals surface area contributed by atoms with Crippen LogP contribution < -0.4 is 10.1 Å². The van der Waals surface area contributed by atoms with Crippen molar-refractivity contribution in [1.29, 1.82) is 0 Å². The first-order valence-electron chi connectivity index (χ1n) is 9.80. The first kappa shape index (κ1) is 21.2. The SMILES string of the molecule is O=C(Nc1ccc(OC(F)F)cc1)[C@H](Cc1ccccc1)N1C(=O)c2ccccc2C1=O. The van der Waals surface area contributed by atoms with Crippen molar-refractivity contribution < 1.29 is 27.9 Å². The molecule has 4 rings (SSSR count). The number of nitrogens with one attached hydrogen (secondary N) is 1. The third kappa shape index (κ3) is 4.34. The number of ether oxygens (including phenoxy) is 1. The lowest BCUT2D eigenvalue weighted by atomic mass is 10.0. The molecule has 0 aliphatic carbocycles. The molecule has 8 heteroatoms. The molecule has 6 nitrogen and oxygen atoms in total. The molecule has 1 N–H and O–H groups in total. The number of benzene rings is 3. The predicted molar refractivity (Wildman–Crippen MR) is 113 cm³/mol. The summed E-state index contributed by atoms with van der Waals surface area (Å²) in [6.45, 7) is -2.96. The van der Waals surface area contributed by atoms with Crippen LogP contribution in [0.3, 0.4) is 0 Å². The lowest BCUT2D eigenvalue weighted by molar-refractivity contribution is -0.119. The Hall–Kier alpha value is -4.07. The van der Waals surface area contributed by atoms with E-state index in [1.165, 1.54) is 24.3 Å². The molecule has 0 bridgehead atoms. The van der Waals surface area contributed by atoms with Crippen molar-refractivity contribution in [1.82, 2.24) is 4.90 Å². The largest absolute Gasteiger partial charge is 0.435 e. The lowest BCUT2D eigenvalue weighted by Gasteiger charge is -2.25. The average molecular weight is 436 g/mol. The number of alkyl halides is 2. The van der Waals surface area contributed by atoms with Crippen LogP contribution in [-0.2, 0) is 11.2 Å². The fourth-order valence-electron chi connectivity index (χ4n) is 3.57. The molecule has 0 unspecified atom stereocenters. The zero-order valence-corrected chi connectivity index (χ0v) is 16.7. The minimum Gasteiger partial charge on any atom is -0.435 e. The number of rotatable bonds is 7. The number of amides is 3. The van der Waals surface area contributed by atoms with Crippen LogP contribution in [0.4, 0.5) is 14.5 Å². The number of hydrogen-bond acceptors (Lipinski definition) is 4. The van der Waals surface area contributed by atoms with E-state index in [9.17, 15) is 23.2 Å². The van der Waals surface area contributed by atoms with Gasteiger partial charge in [0.2, 0.25) is 5.91 Å². The van der Waals surface area contributed by atoms with E-state index in [-0.39, 0.29) is 23.3 Å². The summed E-state index contributed by atoms with van der Waals surface area (Å²) < 4.78 is 29.0. The summed E-state index contributed by atoms with van der Waals surface area (Å²) >= 11 is 0. The summed E-state index contributed by atoms with van der Waals surface area (Å²) in [7, 11) is 0. The molecule has 162 valence electrons. The molecule has 0 fully saturated rings. The molecule has 1 aliphatic rings. The highest BCUT2D eigenvalue weighted by molar-refractivity contribution is 6.23. The minimum atomic E-state index is -2.96. The van der Waals surface area contributed by atoms with E-state index in [1.807, 2.05) is 6.07 Å². The number of carbonyl (C=O) groups excluding carboxylic acids is 3. The van der Waals surface area contributed by atoms with Crippen molar-refractivity contribution >= 4 is 23.4 Å². The predicted octanol–water partition coefficient (Wildman–Crippen LogP) is 4.13. The zero-order chi connectivity index (χ0) is 22.7. The van der Waals surface area contributed by atoms with Crippen LogP contribution in [0.2, 0.25) is 0 Å². The van der Waals surface area contributed by atoms with Crippen LogP contribution in [0.15, 0.2) is 78.9 Å². The molecule has 32 heavy (non-hydrogen) atoms. The molecule has 3 amide bonds. The molecule has 0 saturated carbocycles. The second-order valence-electron chi connectivity index (χ2n) is 7.12. The first-order chi connectivity index (χ1) is 15.4. The maximum Gasteiger partial charge on any atom is 0.387 e. The first-order valence-corrected chi connectivity index (χ1v) is 9.80. The monoisotopic (exact) mass is 436 g/mol. The number of nitrogens with zero attached hydrogens (tertiary/aromatic N) is 1. The molecule has 1 atom stereocenters. The van der Waals surface area contributed by atoms with Gasteiger partial charge in [0.15, 0.2) is 0 Å². The van der Waals surface area contributed by atoms with Gasteiger partial charge in [0.25, 0.3) is 11.8 Å². The van der Waals surface area contributed by atoms with Gasteiger partial charge >= 0.3 is 6.61 Å². The van der Waals surface area contributed by atoms with Crippen molar-refractivity contribution in [2.75, 3.05) is 5.32 Å². The van der Waals surface area contributed by atoms with E-state index in [0.29, 0.717) is 5.69 Å². The Bertz CT molecular complexity index is 1120. The molecule has 3 aromatic rings. The molecule has 0 saturated heterocycles. The van der Waals surface area contributed by atoms with Gasteiger partial charge in [0.05, 0.1) is 11.1 Å². The van der Waals surface area contributed by atoms with Gasteiger partial charge in [0.1, 0.15) is 11.8 Å². The number of anilines is 1. The number of carbonyl (C=O) groups is 3. The van der Waals surface area contributed by atoms with E-state index >= 15 is 0 Å². The number of halogens is 2. The van der Waals surface area contributed by atoms with Crippen LogP contribution in [-0.4, -0.2) is 35.3 Å². The van der Waals surface area contributed by atoms with Gasteiger partial charge in [-0.25, -0.2) is 0 Å². The Labute approximate surface area is 182 Å². The van der Waals surface area contributed by atoms with Crippen LogP contribution in [0, 0.1) is 0 Å². The Morgan fingerprint density at radius 2 is 1.41 bits per heavy atom. The highest BCUT2D eigenvalue weighted by atomic mass is 19.3. The third-order valence-electron chi connectivity index (χ3n) is 5.06. The van der Waals surface area contributed by atoms with Crippen LogP contribution >= 0.6 is 0 Å². The van der Waals surface area contributed by atoms with Crippen LogP contribution in [0.1, 0.15) is 26.3 Å². The number of imide groups is 1. The summed E-state index contributed by atoms with van der Waals surface area (Å²) in [5.41, 5.74) is 1.57. The summed E-state index contributed by atoms with van der Waals surface area (Å²) in [5, 5.41) is 2.66. The Kier molecular flexibility index (Phi) is 5.93. The summed E-state index contributed by atoms with van der Waals surface area (Å²) in [4.78, 5) is 40.1. The minimum absolute atomic E-state index is 0.0563. The Morgan fingerprint density at radius 1 is 0.844 bits per heavy atom. The summed E-state index contributed by atoms with van der Waals surface area (Å²) in [6, 6.07) is 19.7. The molecule has 0 radical (unpaired) electrons. The maximum atomic E-state index is 13.2. The summed E-state index contributed by atoms with van der Waals surface area (Å²) in [5.74, 6) is -1.71. The second-order valence-corrected chi connectivity index (χ2v) is 7.12. The Balaban J connectivity index is 1.61. The molecule has 3 aromatic carbocycles. The van der Waals surface area contributed by atoms with E-state index in [1.54, 1.807) is 48.5 Å². The van der Waals surface area contributed by atoms with Crippen molar-refractivity contribution in [3.8, 4) is 5.75 Å².